The Morgan fingerprint density at radius 3 is 2.37 bits per heavy atom. The lowest BCUT2D eigenvalue weighted by molar-refractivity contribution is 1.26. The summed E-state index contributed by atoms with van der Waals surface area (Å²) in [6.45, 7) is 4.24. The van der Waals surface area contributed by atoms with Gasteiger partial charge in [-0.3, -0.25) is 4.40 Å². The van der Waals surface area contributed by atoms with Crippen molar-refractivity contribution in [1.29, 1.82) is 0 Å². The molecule has 0 fully saturated rings. The Bertz CT molecular complexity index is 946. The van der Waals surface area contributed by atoms with Crippen LogP contribution in [-0.2, 0) is 0 Å². The summed E-state index contributed by atoms with van der Waals surface area (Å²) in [7, 11) is 0. The first-order valence-corrected chi connectivity index (χ1v) is 7.18. The molecule has 2 aromatic carbocycles. The summed E-state index contributed by atoms with van der Waals surface area (Å²) in [6, 6.07) is 12.9. The highest BCUT2D eigenvalue weighted by atomic mass is 127. The van der Waals surface area contributed by atoms with Crippen LogP contribution in [0.2, 0.25) is 0 Å². The highest BCUT2D eigenvalue weighted by Gasteiger charge is 2.14. The molecule has 3 nitrogen and oxygen atoms in total. The van der Waals surface area contributed by atoms with Gasteiger partial charge >= 0.3 is 0 Å². The number of fused-ring (bicyclic) bond motifs is 5. The molecular formula is C15H12IN3. The van der Waals surface area contributed by atoms with Gasteiger partial charge in [0.2, 0.25) is 5.78 Å². The molecule has 94 valence electrons. The lowest BCUT2D eigenvalue weighted by Crippen LogP contribution is -1.82. The topological polar surface area (TPSA) is 22.2 Å². The van der Waals surface area contributed by atoms with Gasteiger partial charge in [0, 0.05) is 0 Å². The van der Waals surface area contributed by atoms with Gasteiger partial charge in [-0.25, -0.2) is 7.76 Å². The van der Waals surface area contributed by atoms with E-state index in [0.717, 1.165) is 11.3 Å². The average molecular weight is 361 g/mol. The first-order chi connectivity index (χ1) is 9.15. The van der Waals surface area contributed by atoms with E-state index in [1.165, 1.54) is 27.7 Å². The molecule has 0 aliphatic rings. The van der Waals surface area contributed by atoms with E-state index in [1.807, 2.05) is 0 Å². The third kappa shape index (κ3) is 1.46. The highest BCUT2D eigenvalue weighted by molar-refractivity contribution is 14.1. The maximum Gasteiger partial charge on any atom is 0.225 e. The Hall–Kier alpha value is -1.56. The highest BCUT2D eigenvalue weighted by Crippen LogP contribution is 2.28. The van der Waals surface area contributed by atoms with Crippen LogP contribution in [-0.4, -0.2) is 12.2 Å². The van der Waals surface area contributed by atoms with E-state index in [2.05, 4.69) is 80.3 Å². The maximum absolute atomic E-state index is 4.74. The molecule has 0 atom stereocenters. The fourth-order valence-corrected chi connectivity index (χ4v) is 3.36. The maximum atomic E-state index is 4.74. The van der Waals surface area contributed by atoms with Crippen molar-refractivity contribution in [3.8, 4) is 0 Å². The third-order valence-corrected chi connectivity index (χ3v) is 4.50. The first-order valence-electron chi connectivity index (χ1n) is 6.21. The van der Waals surface area contributed by atoms with Crippen molar-refractivity contribution in [3.63, 3.8) is 0 Å². The second kappa shape index (κ2) is 3.72. The molecule has 2 heterocycles. The fraction of sp³-hybridized carbons (Fsp3) is 0.133. The summed E-state index contributed by atoms with van der Waals surface area (Å²) >= 11 is 2.32. The minimum atomic E-state index is 0.988. The summed E-state index contributed by atoms with van der Waals surface area (Å²) in [5, 5.41) is 0. The normalized spacial score (nSPS) is 11.9. The Labute approximate surface area is 124 Å². The van der Waals surface area contributed by atoms with Crippen LogP contribution >= 0.6 is 22.9 Å². The average Bonchev–Trinajstić information content (AvgIpc) is 2.87. The molecule has 2 aromatic heterocycles. The predicted molar refractivity (Wildman–Crippen MR) is 87.1 cm³/mol. The lowest BCUT2D eigenvalue weighted by Gasteiger charge is -1.97. The van der Waals surface area contributed by atoms with Crippen LogP contribution in [0.25, 0.3) is 27.8 Å². The van der Waals surface area contributed by atoms with Gasteiger partial charge in [0.15, 0.2) is 0 Å². The number of hydrogen-bond acceptors (Lipinski definition) is 1. The summed E-state index contributed by atoms with van der Waals surface area (Å²) in [5.74, 6) is 0.988. The smallest absolute Gasteiger partial charge is 0.225 e. The number of nitrogens with zero attached hydrogens (tertiary/aromatic N) is 3. The molecule has 0 aliphatic carbocycles. The minimum Gasteiger partial charge on any atom is -0.276 e. The van der Waals surface area contributed by atoms with E-state index in [0.29, 0.717) is 0 Å². The van der Waals surface area contributed by atoms with Crippen LogP contribution in [0.3, 0.4) is 0 Å². The number of aryl methyl sites for hydroxylation is 2. The van der Waals surface area contributed by atoms with Crippen LogP contribution in [0.15, 0.2) is 36.4 Å². The predicted octanol–water partition coefficient (Wildman–Crippen LogP) is 4.26. The summed E-state index contributed by atoms with van der Waals surface area (Å²) in [6.07, 6.45) is 0. The van der Waals surface area contributed by atoms with E-state index in [-0.39, 0.29) is 0 Å². The van der Waals surface area contributed by atoms with E-state index in [1.54, 1.807) is 0 Å². The lowest BCUT2D eigenvalue weighted by atomic mass is 10.2. The molecule has 0 bridgehead atoms. The second-order valence-electron chi connectivity index (χ2n) is 5.01. The van der Waals surface area contributed by atoms with E-state index in [4.69, 9.17) is 4.98 Å². The molecule has 0 unspecified atom stereocenters. The summed E-state index contributed by atoms with van der Waals surface area (Å²) < 4.78 is 4.37. The second-order valence-corrected chi connectivity index (χ2v) is 5.98. The molecule has 0 aliphatic heterocycles. The molecule has 0 radical (unpaired) electrons. The molecule has 19 heavy (non-hydrogen) atoms. The van der Waals surface area contributed by atoms with Gasteiger partial charge in [0.1, 0.15) is 0 Å². The molecule has 4 aromatic rings. The summed E-state index contributed by atoms with van der Waals surface area (Å²) in [4.78, 5) is 4.74. The van der Waals surface area contributed by atoms with Crippen LogP contribution in [0.5, 0.6) is 0 Å². The number of benzene rings is 2. The van der Waals surface area contributed by atoms with Crippen molar-refractivity contribution in [3.05, 3.63) is 47.5 Å². The monoisotopic (exact) mass is 361 g/mol. The zero-order chi connectivity index (χ0) is 13.1. The number of halogens is 1. The third-order valence-electron chi connectivity index (χ3n) is 3.55. The zero-order valence-electron chi connectivity index (χ0n) is 10.7. The van der Waals surface area contributed by atoms with Crippen molar-refractivity contribution >= 4 is 50.7 Å². The molecule has 0 saturated heterocycles. The Kier molecular flexibility index (Phi) is 2.21. The molecule has 0 saturated carbocycles. The Morgan fingerprint density at radius 1 is 0.895 bits per heavy atom. The molecule has 4 rings (SSSR count). The molecule has 0 N–H and O–H groups in total. The standard InChI is InChI=1S/C15H12IN3/c1-9-3-5-11-13(7-9)18-14-8-10(2)4-6-12(14)19(16)15(18)17-11/h3-8H,1-2H3. The number of aromatic nitrogens is 3. The van der Waals surface area contributed by atoms with Crippen molar-refractivity contribution in [2.75, 3.05) is 0 Å². The number of rotatable bonds is 0. The molecule has 0 amide bonds. The molecule has 0 spiro atoms. The van der Waals surface area contributed by atoms with Crippen molar-refractivity contribution < 1.29 is 0 Å². The van der Waals surface area contributed by atoms with Gasteiger partial charge in [-0.1, -0.05) is 12.1 Å². The molecular weight excluding hydrogens is 349 g/mol. The van der Waals surface area contributed by atoms with Gasteiger partial charge in [0.25, 0.3) is 0 Å². The first kappa shape index (κ1) is 11.3. The van der Waals surface area contributed by atoms with Crippen LogP contribution in [0.1, 0.15) is 11.1 Å². The number of hydrogen-bond donors (Lipinski definition) is 0. The van der Waals surface area contributed by atoms with Crippen LogP contribution in [0, 0.1) is 13.8 Å². The number of imidazole rings is 2. The SMILES string of the molecule is Cc1ccc2nc3n(I)c4ccc(C)cc4n3c2c1. The van der Waals surface area contributed by atoms with Crippen LogP contribution in [0.4, 0.5) is 0 Å². The van der Waals surface area contributed by atoms with E-state index >= 15 is 0 Å². The largest absolute Gasteiger partial charge is 0.276 e. The van der Waals surface area contributed by atoms with Gasteiger partial charge in [0.05, 0.1) is 44.9 Å². The fourth-order valence-electron chi connectivity index (χ4n) is 2.63. The quantitative estimate of drug-likeness (QED) is 0.429. The Morgan fingerprint density at radius 2 is 1.58 bits per heavy atom. The van der Waals surface area contributed by atoms with Crippen molar-refractivity contribution in [2.24, 2.45) is 0 Å². The summed E-state index contributed by atoms with van der Waals surface area (Å²) in [5.41, 5.74) is 7.19. The molecule has 4 heteroatoms. The Balaban J connectivity index is 2.34. The van der Waals surface area contributed by atoms with Crippen molar-refractivity contribution in [1.82, 2.24) is 12.2 Å². The van der Waals surface area contributed by atoms with Crippen molar-refractivity contribution in [2.45, 2.75) is 13.8 Å². The van der Waals surface area contributed by atoms with Crippen LogP contribution < -0.4 is 0 Å². The van der Waals surface area contributed by atoms with E-state index < -0.39 is 0 Å². The van der Waals surface area contributed by atoms with Gasteiger partial charge in [-0.05, 0) is 49.2 Å². The van der Waals surface area contributed by atoms with Gasteiger partial charge < -0.3 is 0 Å². The van der Waals surface area contributed by atoms with E-state index in [9.17, 15) is 0 Å². The van der Waals surface area contributed by atoms with Gasteiger partial charge in [-0.2, -0.15) is 0 Å². The van der Waals surface area contributed by atoms with Gasteiger partial charge in [-0.15, -0.1) is 0 Å². The minimum absolute atomic E-state index is 0.988. The zero-order valence-corrected chi connectivity index (χ0v) is 12.8.